The van der Waals surface area contributed by atoms with Gasteiger partial charge in [-0.2, -0.15) is 0 Å². The fourth-order valence-electron chi connectivity index (χ4n) is 14.9. The van der Waals surface area contributed by atoms with Crippen LogP contribution in [0, 0.1) is 0 Å². The number of fused-ring (bicyclic) bond motifs is 7. The molecule has 2 aliphatic heterocycles. The van der Waals surface area contributed by atoms with Crippen LogP contribution in [0.5, 0.6) is 0 Å². The normalized spacial score (nSPS) is 12.2. The van der Waals surface area contributed by atoms with Crippen LogP contribution in [0.25, 0.3) is 117 Å². The summed E-state index contributed by atoms with van der Waals surface area (Å²) < 4.78 is 2.57. The molecule has 0 unspecified atom stereocenters. The minimum atomic E-state index is -0.215. The van der Waals surface area contributed by atoms with Crippen molar-refractivity contribution in [3.8, 4) is 94.7 Å². The van der Waals surface area contributed by atoms with Gasteiger partial charge in [-0.1, -0.05) is 291 Å². The van der Waals surface area contributed by atoms with Crippen molar-refractivity contribution in [2.24, 2.45) is 0 Å². The highest BCUT2D eigenvalue weighted by Crippen LogP contribution is 2.50. The molecule has 18 rings (SSSR count). The van der Waals surface area contributed by atoms with Gasteiger partial charge in [0.1, 0.15) is 0 Å². The summed E-state index contributed by atoms with van der Waals surface area (Å²) >= 11 is 0. The van der Waals surface area contributed by atoms with E-state index in [2.05, 4.69) is 378 Å². The molecule has 0 N–H and O–H groups in total. The summed E-state index contributed by atoms with van der Waals surface area (Å²) in [5.74, 6) is 0. The molecule has 438 valence electrons. The van der Waals surface area contributed by atoms with E-state index >= 15 is 0 Å². The van der Waals surface area contributed by atoms with E-state index in [0.717, 1.165) is 106 Å². The van der Waals surface area contributed by atoms with E-state index in [1.807, 2.05) is 0 Å². The first kappa shape index (κ1) is 54.7. The van der Waals surface area contributed by atoms with Gasteiger partial charge in [-0.25, -0.2) is 0 Å². The Labute approximate surface area is 548 Å². The maximum atomic E-state index is 2.61. The van der Waals surface area contributed by atoms with Gasteiger partial charge in [0.05, 0.1) is 16.7 Å². The molecule has 16 aromatic rings. The molecule has 3 heterocycles. The molecular formula is C90H60BN3. The molecule has 0 fully saturated rings. The van der Waals surface area contributed by atoms with E-state index in [-0.39, 0.29) is 6.71 Å². The number of nitrogens with zero attached hydrogens (tertiary/aromatic N) is 3. The molecule has 0 atom stereocenters. The number of aromatic nitrogens is 1. The van der Waals surface area contributed by atoms with E-state index in [0.29, 0.717) is 0 Å². The van der Waals surface area contributed by atoms with Crippen molar-refractivity contribution in [3.63, 3.8) is 0 Å². The van der Waals surface area contributed by atoms with Gasteiger partial charge < -0.3 is 14.4 Å². The average Bonchev–Trinajstić information content (AvgIpc) is 0.807. The van der Waals surface area contributed by atoms with Crippen molar-refractivity contribution >= 4 is 79.0 Å². The quantitative estimate of drug-likeness (QED) is 0.120. The molecular weight excluding hydrogens is 1130 g/mol. The second-order valence-corrected chi connectivity index (χ2v) is 24.8. The van der Waals surface area contributed by atoms with Gasteiger partial charge in [0.15, 0.2) is 0 Å². The standard InChI is InChI=1S/C90H60BN3/c1-9-25-61(26-10-1)69-43-47-84-82(55-69)91-83-56-70(62-27-11-2-12-28-62)44-48-85(83)93(78-53-75(67-37-21-7-22-38-67)50-76(54-78)68-39-23-8-24-40-68)89-60-79(59-88(90(89)91)92(84)77-51-73(65-33-17-5-18-34-65)49-74(52-77)66-35-19-6-20-36-66)94-86-57-71(63-29-13-3-14-30-63)41-45-80(86)81-46-42-72(58-87(81)94)64-31-15-4-16-32-64/h1-60H. The third kappa shape index (κ3) is 9.54. The van der Waals surface area contributed by atoms with Crippen molar-refractivity contribution < 1.29 is 0 Å². The highest BCUT2D eigenvalue weighted by molar-refractivity contribution is 7.00. The van der Waals surface area contributed by atoms with E-state index in [1.165, 1.54) is 60.5 Å². The second-order valence-electron chi connectivity index (χ2n) is 24.8. The van der Waals surface area contributed by atoms with Crippen molar-refractivity contribution in [3.05, 3.63) is 364 Å². The molecule has 0 saturated carbocycles. The largest absolute Gasteiger partial charge is 0.311 e. The molecule has 2 aliphatic rings. The number of hydrogen-bond acceptors (Lipinski definition) is 2. The lowest BCUT2D eigenvalue weighted by molar-refractivity contribution is 1.16. The van der Waals surface area contributed by atoms with Gasteiger partial charge >= 0.3 is 0 Å². The molecule has 0 amide bonds. The highest BCUT2D eigenvalue weighted by atomic mass is 15.2. The lowest BCUT2D eigenvalue weighted by Gasteiger charge is -2.45. The topological polar surface area (TPSA) is 11.4 Å². The molecule has 0 radical (unpaired) electrons. The van der Waals surface area contributed by atoms with Crippen LogP contribution in [0.2, 0.25) is 0 Å². The zero-order chi connectivity index (χ0) is 62.1. The number of anilines is 6. The van der Waals surface area contributed by atoms with Gasteiger partial charge in [0.2, 0.25) is 0 Å². The number of benzene rings is 15. The van der Waals surface area contributed by atoms with Crippen LogP contribution in [-0.2, 0) is 0 Å². The molecule has 0 spiro atoms. The summed E-state index contributed by atoms with van der Waals surface area (Å²) in [4.78, 5) is 5.22. The van der Waals surface area contributed by atoms with Crippen LogP contribution in [0.4, 0.5) is 34.1 Å². The molecule has 3 nitrogen and oxygen atoms in total. The van der Waals surface area contributed by atoms with Gasteiger partial charge in [0, 0.05) is 44.9 Å². The Bertz CT molecular complexity index is 5070. The molecule has 1 aromatic heterocycles. The van der Waals surface area contributed by atoms with Gasteiger partial charge in [0.25, 0.3) is 6.71 Å². The van der Waals surface area contributed by atoms with Crippen LogP contribution < -0.4 is 26.2 Å². The first-order chi connectivity index (χ1) is 46.6. The third-order valence-electron chi connectivity index (χ3n) is 19.3. The monoisotopic (exact) mass is 1190 g/mol. The van der Waals surface area contributed by atoms with Crippen molar-refractivity contribution in [1.82, 2.24) is 4.57 Å². The number of hydrogen-bond donors (Lipinski definition) is 0. The van der Waals surface area contributed by atoms with Crippen LogP contribution in [0.3, 0.4) is 0 Å². The first-order valence-electron chi connectivity index (χ1n) is 32.5. The van der Waals surface area contributed by atoms with Gasteiger partial charge in [-0.3, -0.25) is 0 Å². The predicted octanol–water partition coefficient (Wildman–Crippen LogP) is 22.2. The molecule has 15 aromatic carbocycles. The van der Waals surface area contributed by atoms with Crippen molar-refractivity contribution in [2.75, 3.05) is 9.80 Å². The summed E-state index contributed by atoms with van der Waals surface area (Å²) in [6.07, 6.45) is 0. The average molecular weight is 1190 g/mol. The van der Waals surface area contributed by atoms with Crippen molar-refractivity contribution in [1.29, 1.82) is 0 Å². The Hall–Kier alpha value is -12.2. The van der Waals surface area contributed by atoms with E-state index in [1.54, 1.807) is 0 Å². The SMILES string of the molecule is c1ccc(-c2cc(-c3ccccc3)cc(N3c4ccc(-c5ccccc5)cc4B4c5cc(-c6ccccc6)ccc5N(c5cc(-c6ccccc6)cc(-c6ccccc6)c5)c5cc(-n6c7cc(-c8ccccc8)ccc7c7ccc(-c8ccccc8)cc76)cc3c54)c2)cc1. The molecule has 0 bridgehead atoms. The Balaban J connectivity index is 1.01. The van der Waals surface area contributed by atoms with Gasteiger partial charge in [-0.15, -0.1) is 0 Å². The van der Waals surface area contributed by atoms with E-state index in [4.69, 9.17) is 0 Å². The second kappa shape index (κ2) is 22.9. The van der Waals surface area contributed by atoms with Gasteiger partial charge in [-0.05, 0) is 178 Å². The fraction of sp³-hybridized carbons (Fsp3) is 0. The van der Waals surface area contributed by atoms with Crippen LogP contribution >= 0.6 is 0 Å². The highest BCUT2D eigenvalue weighted by Gasteiger charge is 2.45. The fourth-order valence-corrected chi connectivity index (χ4v) is 14.9. The smallest absolute Gasteiger partial charge is 0.252 e. The maximum absolute atomic E-state index is 2.61. The van der Waals surface area contributed by atoms with Crippen molar-refractivity contribution in [2.45, 2.75) is 0 Å². The lowest BCUT2D eigenvalue weighted by Crippen LogP contribution is -2.61. The Morgan fingerprint density at radius 1 is 0.181 bits per heavy atom. The molecule has 0 aliphatic carbocycles. The minimum absolute atomic E-state index is 0.215. The Kier molecular flexibility index (Phi) is 13.3. The lowest BCUT2D eigenvalue weighted by atomic mass is 9.33. The number of rotatable bonds is 11. The van der Waals surface area contributed by atoms with E-state index < -0.39 is 0 Å². The molecule has 4 heteroatoms. The summed E-state index contributed by atoms with van der Waals surface area (Å²) in [5, 5.41) is 2.38. The maximum Gasteiger partial charge on any atom is 0.252 e. The van der Waals surface area contributed by atoms with E-state index in [9.17, 15) is 0 Å². The Morgan fingerprint density at radius 2 is 0.447 bits per heavy atom. The minimum Gasteiger partial charge on any atom is -0.311 e. The molecule has 94 heavy (non-hydrogen) atoms. The third-order valence-corrected chi connectivity index (χ3v) is 19.3. The van der Waals surface area contributed by atoms with Crippen LogP contribution in [0.1, 0.15) is 0 Å². The zero-order valence-electron chi connectivity index (χ0n) is 51.6. The van der Waals surface area contributed by atoms with Crippen LogP contribution in [0.15, 0.2) is 364 Å². The Morgan fingerprint density at radius 3 is 0.745 bits per heavy atom. The molecule has 0 saturated heterocycles. The summed E-state index contributed by atoms with van der Waals surface area (Å²) in [7, 11) is 0. The van der Waals surface area contributed by atoms with Crippen LogP contribution in [-0.4, -0.2) is 11.3 Å². The predicted molar refractivity (Wildman–Crippen MR) is 398 cm³/mol. The summed E-state index contributed by atoms with van der Waals surface area (Å²) in [6.45, 7) is -0.215. The first-order valence-corrected chi connectivity index (χ1v) is 32.5. The summed E-state index contributed by atoms with van der Waals surface area (Å²) in [6, 6.07) is 135. The zero-order valence-corrected chi connectivity index (χ0v) is 51.6. The summed E-state index contributed by atoms with van der Waals surface area (Å²) in [5.41, 5.74) is 32.2.